The number of fused-ring (bicyclic) bond motifs is 2. The molecule has 0 radical (unpaired) electrons. The van der Waals surface area contributed by atoms with Gasteiger partial charge in [0.2, 0.25) is 4.80 Å². The normalized spacial score (nSPS) is 15.3. The summed E-state index contributed by atoms with van der Waals surface area (Å²) in [6.45, 7) is 2.07. The van der Waals surface area contributed by atoms with E-state index in [2.05, 4.69) is 14.4 Å². The zero-order chi connectivity index (χ0) is 21.8. The molecule has 0 saturated heterocycles. The minimum Gasteiger partial charge on any atom is -0.471 e. The van der Waals surface area contributed by atoms with Gasteiger partial charge in [-0.3, -0.25) is 0 Å². The number of rotatable bonds is 4. The minimum absolute atomic E-state index is 0.124. The van der Waals surface area contributed by atoms with Crippen molar-refractivity contribution >= 4 is 32.8 Å². The molecule has 1 aliphatic heterocycles. The van der Waals surface area contributed by atoms with Crippen LogP contribution < -0.4 is 14.4 Å². The molecule has 0 saturated carbocycles. The Morgan fingerprint density at radius 1 is 1.32 bits per heavy atom. The molecule has 1 aliphatic rings. The molecule has 160 valence electrons. The van der Waals surface area contributed by atoms with Gasteiger partial charge < -0.3 is 19.2 Å². The Morgan fingerprint density at radius 2 is 2.16 bits per heavy atom. The first kappa shape index (κ1) is 19.5. The third kappa shape index (κ3) is 3.31. The second kappa shape index (κ2) is 7.06. The first-order chi connectivity index (χ1) is 14.8. The van der Waals surface area contributed by atoms with Gasteiger partial charge in [-0.05, 0) is 19.1 Å². The molecule has 10 nitrogen and oxygen atoms in total. The fraction of sp³-hybridized carbons (Fsp3) is 0.167. The van der Waals surface area contributed by atoms with Crippen LogP contribution in [-0.2, 0) is 10.0 Å². The summed E-state index contributed by atoms with van der Waals surface area (Å²) in [7, 11) is -4.40. The molecule has 0 unspecified atom stereocenters. The summed E-state index contributed by atoms with van der Waals surface area (Å²) < 4.78 is 51.7. The predicted molar refractivity (Wildman–Crippen MR) is 108 cm³/mol. The molecule has 0 amide bonds. The smallest absolute Gasteiger partial charge is 0.288 e. The highest BCUT2D eigenvalue weighted by molar-refractivity contribution is 7.90. The van der Waals surface area contributed by atoms with Crippen molar-refractivity contribution in [1.29, 1.82) is 0 Å². The summed E-state index contributed by atoms with van der Waals surface area (Å²) >= 11 is 0.590. The number of ether oxygens (including phenoxy) is 1. The molecule has 3 aromatic heterocycles. The number of anilines is 1. The Balaban J connectivity index is 1.53. The van der Waals surface area contributed by atoms with Crippen LogP contribution in [0, 0.1) is 5.82 Å². The number of hydrogen-bond donors (Lipinski definition) is 1. The molecule has 1 aromatic carbocycles. The molecule has 0 fully saturated rings. The summed E-state index contributed by atoms with van der Waals surface area (Å²) in [5.74, 6) is -0.726. The summed E-state index contributed by atoms with van der Waals surface area (Å²) in [6, 6.07) is 7.82. The number of halogens is 1. The fourth-order valence-electron chi connectivity index (χ4n) is 3.48. The van der Waals surface area contributed by atoms with E-state index in [9.17, 15) is 18.0 Å². The van der Waals surface area contributed by atoms with E-state index in [0.29, 0.717) is 21.3 Å². The zero-order valence-corrected chi connectivity index (χ0v) is 17.6. The van der Waals surface area contributed by atoms with Crippen molar-refractivity contribution in [2.75, 3.05) is 11.6 Å². The Bertz CT molecular complexity index is 1480. The molecule has 4 heterocycles. The van der Waals surface area contributed by atoms with Gasteiger partial charge >= 0.3 is 0 Å². The van der Waals surface area contributed by atoms with Gasteiger partial charge in [-0.15, -0.1) is 8.52 Å². The number of pyridine rings is 1. The van der Waals surface area contributed by atoms with Crippen molar-refractivity contribution < 1.29 is 22.8 Å². The number of nitrogens with zero attached hydrogens (tertiary/aromatic N) is 6. The Hall–Kier alpha value is -3.45. The van der Waals surface area contributed by atoms with Crippen molar-refractivity contribution in [3.8, 4) is 5.75 Å². The van der Waals surface area contributed by atoms with Crippen molar-refractivity contribution in [1.82, 2.24) is 18.5 Å². The van der Waals surface area contributed by atoms with Crippen molar-refractivity contribution in [2.45, 2.75) is 17.9 Å². The third-order valence-corrected chi connectivity index (χ3v) is 7.01. The van der Waals surface area contributed by atoms with Gasteiger partial charge in [-0.1, -0.05) is 6.07 Å². The van der Waals surface area contributed by atoms with Crippen LogP contribution in [0.1, 0.15) is 18.7 Å². The Labute approximate surface area is 179 Å². The molecule has 1 atom stereocenters. The van der Waals surface area contributed by atoms with Crippen molar-refractivity contribution in [3.05, 3.63) is 65.5 Å². The van der Waals surface area contributed by atoms with Crippen LogP contribution in [0.3, 0.4) is 0 Å². The van der Waals surface area contributed by atoms with E-state index in [-0.39, 0.29) is 23.3 Å². The van der Waals surface area contributed by atoms with E-state index in [4.69, 9.17) is 4.74 Å². The fourth-order valence-corrected chi connectivity index (χ4v) is 5.18. The van der Waals surface area contributed by atoms with Crippen LogP contribution in [0.5, 0.6) is 5.75 Å². The van der Waals surface area contributed by atoms with Crippen LogP contribution in [0.2, 0.25) is 0 Å². The van der Waals surface area contributed by atoms with Crippen molar-refractivity contribution in [2.24, 2.45) is 4.40 Å². The first-order valence-electron chi connectivity index (χ1n) is 9.03. The second-order valence-corrected chi connectivity index (χ2v) is 9.29. The van der Waals surface area contributed by atoms with E-state index >= 15 is 0 Å². The lowest BCUT2D eigenvalue weighted by atomic mass is 10.1. The monoisotopic (exact) mass is 462 g/mol. The highest BCUT2D eigenvalue weighted by atomic mass is 32.2. The van der Waals surface area contributed by atoms with Gasteiger partial charge in [0.05, 0.1) is 29.8 Å². The maximum Gasteiger partial charge on any atom is 0.288 e. The topological polar surface area (TPSA) is 114 Å². The molecule has 1 N–H and O–H groups in total. The lowest BCUT2D eigenvalue weighted by Crippen LogP contribution is -2.27. The quantitative estimate of drug-likeness (QED) is 0.462. The Kier molecular flexibility index (Phi) is 4.44. The molecule has 13 heteroatoms. The maximum atomic E-state index is 14.9. The molecular formula is C18H15FN6O4S2. The van der Waals surface area contributed by atoms with Crippen LogP contribution in [0.15, 0.2) is 58.5 Å². The molecular weight excluding hydrogens is 447 g/mol. The highest BCUT2D eigenvalue weighted by Crippen LogP contribution is 2.41. The van der Waals surface area contributed by atoms with E-state index in [1.165, 1.54) is 0 Å². The zero-order valence-electron chi connectivity index (χ0n) is 16.0. The summed E-state index contributed by atoms with van der Waals surface area (Å²) in [6.07, 6.45) is 4.43. The van der Waals surface area contributed by atoms with Crippen molar-refractivity contribution in [3.63, 3.8) is 0 Å². The summed E-state index contributed by atoms with van der Waals surface area (Å²) in [5.41, 5.74) is 2.27. The van der Waals surface area contributed by atoms with Gasteiger partial charge in [-0.25, -0.2) is 14.4 Å². The molecule has 0 spiro atoms. The van der Waals surface area contributed by atoms with Gasteiger partial charge in [0.25, 0.3) is 10.0 Å². The van der Waals surface area contributed by atoms with Gasteiger partial charge in [0.1, 0.15) is 22.8 Å². The van der Waals surface area contributed by atoms with Gasteiger partial charge in [-0.2, -0.15) is 8.42 Å². The largest absolute Gasteiger partial charge is 0.471 e. The van der Waals surface area contributed by atoms with E-state index in [1.54, 1.807) is 12.5 Å². The minimum atomic E-state index is -4.40. The number of hydrogen-bond acceptors (Lipinski definition) is 8. The highest BCUT2D eigenvalue weighted by Gasteiger charge is 2.31. The van der Waals surface area contributed by atoms with Crippen LogP contribution in [-0.4, -0.2) is 38.8 Å². The second-order valence-electron chi connectivity index (χ2n) is 6.80. The number of benzene rings is 1. The summed E-state index contributed by atoms with van der Waals surface area (Å²) in [5, 5.41) is 9.24. The van der Waals surface area contributed by atoms with Crippen LogP contribution in [0.4, 0.5) is 10.1 Å². The number of sulfonamides is 1. The van der Waals surface area contributed by atoms with E-state index < -0.39 is 20.7 Å². The number of imidazole rings is 1. The third-order valence-electron chi connectivity index (χ3n) is 4.98. The molecule has 0 aliphatic carbocycles. The maximum absolute atomic E-state index is 14.9. The van der Waals surface area contributed by atoms with Crippen LogP contribution in [0.25, 0.3) is 5.52 Å². The van der Waals surface area contributed by atoms with Gasteiger partial charge in [0, 0.05) is 29.4 Å². The average Bonchev–Trinajstić information content (AvgIpc) is 3.45. The molecule has 31 heavy (non-hydrogen) atoms. The summed E-state index contributed by atoms with van der Waals surface area (Å²) in [4.78, 5) is 8.77. The first-order valence-corrected chi connectivity index (χ1v) is 11.2. The molecule has 0 bridgehead atoms. The standard InChI is InChI=1S/C18H15FN6O4S2/c1-11(14-4-2-3-12-7-20-8-23(12)14)24-10-29-16-6-17(13(19)5-15(16)24)31(27,28)22-18-21-9-25(26)30-18/h2-9,11,26H,10H2,1H3/t11-/m0/s1. The lowest BCUT2D eigenvalue weighted by molar-refractivity contribution is 0.216. The lowest BCUT2D eigenvalue weighted by Gasteiger charge is -2.26. The van der Waals surface area contributed by atoms with E-state index in [0.717, 1.165) is 29.7 Å². The molecule has 4 aromatic rings. The SMILES string of the molecule is C[C@@H](c1cccc2cncn12)N1COc2cc(S(=O)(=O)N=c3ncn(O)s3)c(F)cc21. The average molecular weight is 462 g/mol. The Morgan fingerprint density at radius 3 is 2.94 bits per heavy atom. The van der Waals surface area contributed by atoms with Gasteiger partial charge in [0.15, 0.2) is 6.73 Å². The predicted octanol–water partition coefficient (Wildman–Crippen LogP) is 2.18. The van der Waals surface area contributed by atoms with E-state index in [1.807, 2.05) is 34.4 Å². The molecule has 5 rings (SSSR count). The van der Waals surface area contributed by atoms with Crippen LogP contribution >= 0.6 is 11.5 Å². The number of aromatic nitrogens is 4.